The first-order chi connectivity index (χ1) is 7.84. The topological polar surface area (TPSA) is 107 Å². The number of hydrogen-bond donors (Lipinski definition) is 2. The smallest absolute Gasteiger partial charge is 0.296 e. The maximum absolute atomic E-state index is 11.1. The summed E-state index contributed by atoms with van der Waals surface area (Å²) in [6, 6.07) is 5.21. The van der Waals surface area contributed by atoms with Crippen molar-refractivity contribution < 1.29 is 17.8 Å². The summed E-state index contributed by atoms with van der Waals surface area (Å²) in [4.78, 5) is 10.6. The van der Waals surface area contributed by atoms with E-state index in [0.29, 0.717) is 0 Å². The van der Waals surface area contributed by atoms with Crippen molar-refractivity contribution in [1.29, 1.82) is 5.26 Å². The van der Waals surface area contributed by atoms with Gasteiger partial charge in [-0.1, -0.05) is 11.6 Å². The van der Waals surface area contributed by atoms with Crippen molar-refractivity contribution in [2.45, 2.75) is 11.3 Å². The molecule has 17 heavy (non-hydrogen) atoms. The fraction of sp³-hybridized carbons (Fsp3) is 0.111. The van der Waals surface area contributed by atoms with Gasteiger partial charge in [-0.3, -0.25) is 9.35 Å². The van der Waals surface area contributed by atoms with Crippen LogP contribution in [0, 0.1) is 11.3 Å². The first kappa shape index (κ1) is 13.4. The van der Waals surface area contributed by atoms with E-state index in [2.05, 4.69) is 5.32 Å². The summed E-state index contributed by atoms with van der Waals surface area (Å²) in [5.41, 5.74) is 0.127. The van der Waals surface area contributed by atoms with Crippen molar-refractivity contribution in [3.8, 4) is 6.07 Å². The Labute approximate surface area is 103 Å². The van der Waals surface area contributed by atoms with Gasteiger partial charge in [-0.15, -0.1) is 0 Å². The average Bonchev–Trinajstić information content (AvgIpc) is 2.19. The minimum Gasteiger partial charge on any atom is -0.325 e. The Morgan fingerprint density at radius 1 is 1.53 bits per heavy atom. The highest BCUT2D eigenvalue weighted by molar-refractivity contribution is 7.86. The van der Waals surface area contributed by atoms with E-state index in [0.717, 1.165) is 6.07 Å². The molecule has 1 aromatic rings. The monoisotopic (exact) mass is 274 g/mol. The van der Waals surface area contributed by atoms with Gasteiger partial charge in [-0.2, -0.15) is 13.7 Å². The van der Waals surface area contributed by atoms with E-state index >= 15 is 0 Å². The molecule has 0 saturated heterocycles. The van der Waals surface area contributed by atoms with E-state index in [1.165, 1.54) is 12.1 Å². The number of benzene rings is 1. The highest BCUT2D eigenvalue weighted by atomic mass is 35.5. The molecule has 0 atom stereocenters. The Kier molecular flexibility index (Phi) is 4.07. The van der Waals surface area contributed by atoms with Crippen LogP contribution in [0.15, 0.2) is 23.1 Å². The molecule has 8 heteroatoms. The van der Waals surface area contributed by atoms with Crippen molar-refractivity contribution in [2.75, 3.05) is 5.32 Å². The standard InChI is InChI=1S/C9H7ClN2O4S/c10-7-2-1-6(12-9(13)3-4-11)5-8(7)17(14,15)16/h1-2,5H,3H2,(H,12,13)(H,14,15,16). The number of carbonyl (C=O) groups excluding carboxylic acids is 1. The molecule has 0 aliphatic rings. The highest BCUT2D eigenvalue weighted by Crippen LogP contribution is 2.24. The second kappa shape index (κ2) is 5.14. The van der Waals surface area contributed by atoms with Gasteiger partial charge < -0.3 is 5.32 Å². The number of nitrogens with zero attached hydrogens (tertiary/aromatic N) is 1. The average molecular weight is 275 g/mol. The summed E-state index contributed by atoms with van der Waals surface area (Å²) in [5, 5.41) is 10.4. The van der Waals surface area contributed by atoms with Crippen LogP contribution in [0.1, 0.15) is 6.42 Å². The third-order valence-electron chi connectivity index (χ3n) is 1.73. The zero-order valence-corrected chi connectivity index (χ0v) is 9.92. The van der Waals surface area contributed by atoms with Crippen LogP contribution in [-0.4, -0.2) is 18.9 Å². The molecule has 0 radical (unpaired) electrons. The van der Waals surface area contributed by atoms with Gasteiger partial charge in [0.2, 0.25) is 5.91 Å². The van der Waals surface area contributed by atoms with Crippen molar-refractivity contribution in [3.63, 3.8) is 0 Å². The molecule has 1 aromatic carbocycles. The quantitative estimate of drug-likeness (QED) is 0.811. The molecule has 0 heterocycles. The van der Waals surface area contributed by atoms with Crippen molar-refractivity contribution in [1.82, 2.24) is 0 Å². The van der Waals surface area contributed by atoms with Crippen LogP contribution >= 0.6 is 11.6 Å². The summed E-state index contributed by atoms with van der Waals surface area (Å²) in [5.74, 6) is -0.587. The normalized spacial score (nSPS) is 10.6. The predicted molar refractivity (Wildman–Crippen MR) is 60.1 cm³/mol. The van der Waals surface area contributed by atoms with Crippen LogP contribution in [0.5, 0.6) is 0 Å². The lowest BCUT2D eigenvalue weighted by Crippen LogP contribution is -2.11. The van der Waals surface area contributed by atoms with Gasteiger partial charge in [0.1, 0.15) is 11.3 Å². The molecule has 0 aliphatic carbocycles. The SMILES string of the molecule is N#CCC(=O)Nc1ccc(Cl)c(S(=O)(=O)O)c1. The number of carbonyl (C=O) groups is 1. The molecule has 0 fully saturated rings. The maximum Gasteiger partial charge on any atom is 0.296 e. The van der Waals surface area contributed by atoms with Crippen LogP contribution < -0.4 is 5.32 Å². The largest absolute Gasteiger partial charge is 0.325 e. The lowest BCUT2D eigenvalue weighted by molar-refractivity contribution is -0.115. The Balaban J connectivity index is 3.07. The van der Waals surface area contributed by atoms with Crippen molar-refractivity contribution >= 4 is 33.3 Å². The maximum atomic E-state index is 11.1. The van der Waals surface area contributed by atoms with Crippen LogP contribution in [0.4, 0.5) is 5.69 Å². The zero-order chi connectivity index (χ0) is 13.1. The Bertz CT molecular complexity index is 592. The first-order valence-corrected chi connectivity index (χ1v) is 6.10. The molecule has 0 saturated carbocycles. The molecule has 1 rings (SSSR count). The van der Waals surface area contributed by atoms with E-state index in [1.807, 2.05) is 0 Å². The highest BCUT2D eigenvalue weighted by Gasteiger charge is 2.15. The van der Waals surface area contributed by atoms with Crippen LogP contribution in [0.2, 0.25) is 5.02 Å². The summed E-state index contributed by atoms with van der Waals surface area (Å²) >= 11 is 5.57. The number of rotatable bonds is 3. The predicted octanol–water partition coefficient (Wildman–Crippen LogP) is 1.44. The van der Waals surface area contributed by atoms with Gasteiger partial charge in [0.25, 0.3) is 10.1 Å². The summed E-state index contributed by atoms with van der Waals surface area (Å²) < 4.78 is 30.7. The molecule has 0 aromatic heterocycles. The Hall–Kier alpha value is -1.62. The van der Waals surface area contributed by atoms with Gasteiger partial charge in [0.05, 0.1) is 11.1 Å². The third kappa shape index (κ3) is 3.71. The van der Waals surface area contributed by atoms with Gasteiger partial charge in [-0.25, -0.2) is 0 Å². The fourth-order valence-electron chi connectivity index (χ4n) is 1.06. The minimum atomic E-state index is -4.45. The van der Waals surface area contributed by atoms with Crippen LogP contribution in [0.25, 0.3) is 0 Å². The van der Waals surface area contributed by atoms with E-state index < -0.39 is 20.9 Å². The van der Waals surface area contributed by atoms with Crippen molar-refractivity contribution in [2.24, 2.45) is 0 Å². The molecule has 6 nitrogen and oxygen atoms in total. The second-order valence-corrected chi connectivity index (χ2v) is 4.80. The number of anilines is 1. The number of hydrogen-bond acceptors (Lipinski definition) is 4. The van der Waals surface area contributed by atoms with E-state index in [9.17, 15) is 13.2 Å². The molecule has 0 spiro atoms. The second-order valence-electron chi connectivity index (χ2n) is 3.00. The summed E-state index contributed by atoms with van der Waals surface area (Å²) in [6.07, 6.45) is -0.357. The fourth-order valence-corrected chi connectivity index (χ4v) is 2.06. The first-order valence-electron chi connectivity index (χ1n) is 4.28. The van der Waals surface area contributed by atoms with Crippen molar-refractivity contribution in [3.05, 3.63) is 23.2 Å². The van der Waals surface area contributed by atoms with Gasteiger partial charge in [0, 0.05) is 5.69 Å². The van der Waals surface area contributed by atoms with Crippen LogP contribution in [-0.2, 0) is 14.9 Å². The molecule has 90 valence electrons. The molecular formula is C9H7ClN2O4S. The lowest BCUT2D eigenvalue weighted by Gasteiger charge is -2.06. The summed E-state index contributed by atoms with van der Waals surface area (Å²) in [7, 11) is -4.45. The molecule has 0 unspecified atom stereocenters. The van der Waals surface area contributed by atoms with Crippen LogP contribution in [0.3, 0.4) is 0 Å². The Morgan fingerprint density at radius 2 is 2.18 bits per heavy atom. The lowest BCUT2D eigenvalue weighted by atomic mass is 10.3. The number of halogens is 1. The molecule has 0 bridgehead atoms. The number of nitriles is 1. The van der Waals surface area contributed by atoms with E-state index in [4.69, 9.17) is 21.4 Å². The molecular weight excluding hydrogens is 268 g/mol. The number of amides is 1. The summed E-state index contributed by atoms with van der Waals surface area (Å²) in [6.45, 7) is 0. The zero-order valence-electron chi connectivity index (χ0n) is 8.34. The Morgan fingerprint density at radius 3 is 2.71 bits per heavy atom. The van der Waals surface area contributed by atoms with Gasteiger partial charge >= 0.3 is 0 Å². The third-order valence-corrected chi connectivity index (χ3v) is 3.07. The number of nitrogens with one attached hydrogen (secondary N) is 1. The van der Waals surface area contributed by atoms with Gasteiger partial charge in [0.15, 0.2) is 0 Å². The van der Waals surface area contributed by atoms with E-state index in [-0.39, 0.29) is 17.1 Å². The molecule has 0 aliphatic heterocycles. The van der Waals surface area contributed by atoms with E-state index in [1.54, 1.807) is 6.07 Å². The van der Waals surface area contributed by atoms with Gasteiger partial charge in [-0.05, 0) is 18.2 Å². The molecule has 1 amide bonds. The minimum absolute atomic E-state index is 0.127. The molecule has 2 N–H and O–H groups in total.